The van der Waals surface area contributed by atoms with E-state index in [1.165, 1.54) is 65.1 Å². The first-order valence-electron chi connectivity index (χ1n) is 22.0. The van der Waals surface area contributed by atoms with E-state index in [1.807, 2.05) is 0 Å². The minimum Gasteiger partial charge on any atom is -0.311 e. The van der Waals surface area contributed by atoms with E-state index < -0.39 is 8.07 Å². The second-order valence-electron chi connectivity index (χ2n) is 16.5. The van der Waals surface area contributed by atoms with Gasteiger partial charge in [-0.1, -0.05) is 182 Å². The fourth-order valence-corrected chi connectivity index (χ4v) is 15.4. The average molecular weight is 834 g/mol. The van der Waals surface area contributed by atoms with Crippen molar-refractivity contribution in [2.75, 3.05) is 9.80 Å². The highest BCUT2D eigenvalue weighted by Gasteiger charge is 2.49. The molecule has 0 bridgehead atoms. The highest BCUT2D eigenvalue weighted by molar-refractivity contribution is 7.21. The Bertz CT molecular complexity index is 3330. The normalized spacial score (nSPS) is 12.8. The lowest BCUT2D eigenvalue weighted by atomic mass is 10.0. The van der Waals surface area contributed by atoms with Gasteiger partial charge in [-0.05, 0) is 111 Å². The monoisotopic (exact) mass is 833 g/mol. The molecule has 0 atom stereocenters. The third-order valence-corrected chi connectivity index (χ3v) is 17.9. The van der Waals surface area contributed by atoms with E-state index >= 15 is 0 Å². The highest BCUT2D eigenvalue weighted by atomic mass is 28.3. The minimum atomic E-state index is -2.86. The predicted molar refractivity (Wildman–Crippen MR) is 273 cm³/mol. The molecule has 2 heterocycles. The number of anilines is 6. The molecule has 64 heavy (non-hydrogen) atoms. The van der Waals surface area contributed by atoms with E-state index in [2.05, 4.69) is 275 Å². The van der Waals surface area contributed by atoms with Crippen LogP contribution in [-0.2, 0) is 0 Å². The molecule has 1 aromatic heterocycles. The van der Waals surface area contributed by atoms with E-state index in [0.29, 0.717) is 0 Å². The zero-order chi connectivity index (χ0) is 42.5. The first-order chi connectivity index (χ1) is 31.8. The van der Waals surface area contributed by atoms with E-state index in [0.717, 1.165) is 28.4 Å². The molecule has 0 saturated heterocycles. The fourth-order valence-electron chi connectivity index (χ4n) is 10.3. The van der Waals surface area contributed by atoms with Crippen molar-refractivity contribution >= 4 is 84.8 Å². The summed E-state index contributed by atoms with van der Waals surface area (Å²) in [6, 6.07) is 95.9. The molecular weight excluding hydrogens is 791 g/mol. The second kappa shape index (κ2) is 15.6. The Morgan fingerprint density at radius 3 is 1.38 bits per heavy atom. The van der Waals surface area contributed by atoms with Crippen molar-refractivity contribution in [3.8, 4) is 16.8 Å². The Hall–Kier alpha value is -8.18. The van der Waals surface area contributed by atoms with Gasteiger partial charge in [-0.3, -0.25) is 0 Å². The smallest absolute Gasteiger partial charge is 0.184 e. The molecule has 0 fully saturated rings. The minimum absolute atomic E-state index is 1.08. The Labute approximate surface area is 375 Å². The topological polar surface area (TPSA) is 11.4 Å². The third-order valence-electron chi connectivity index (χ3n) is 13.0. The lowest BCUT2D eigenvalue weighted by molar-refractivity contribution is 1.17. The molecule has 1 aliphatic rings. The van der Waals surface area contributed by atoms with Crippen molar-refractivity contribution in [1.82, 2.24) is 4.57 Å². The average Bonchev–Trinajstić information content (AvgIpc) is 3.71. The summed E-state index contributed by atoms with van der Waals surface area (Å²) in [5.41, 5.74) is 12.7. The van der Waals surface area contributed by atoms with Crippen LogP contribution in [0.25, 0.3) is 38.6 Å². The Balaban J connectivity index is 1.09. The van der Waals surface area contributed by atoms with Gasteiger partial charge in [-0.15, -0.1) is 0 Å². The van der Waals surface area contributed by atoms with Crippen LogP contribution in [0.1, 0.15) is 0 Å². The molecule has 1 aliphatic heterocycles. The van der Waals surface area contributed by atoms with Gasteiger partial charge in [0.15, 0.2) is 8.07 Å². The van der Waals surface area contributed by atoms with Gasteiger partial charge in [-0.25, -0.2) is 0 Å². The molecule has 0 N–H and O–H groups in total. The van der Waals surface area contributed by atoms with Crippen LogP contribution in [0, 0.1) is 0 Å². The predicted octanol–water partition coefficient (Wildman–Crippen LogP) is 13.1. The number of rotatable bonds is 8. The first-order valence-corrected chi connectivity index (χ1v) is 24.0. The van der Waals surface area contributed by atoms with Crippen LogP contribution < -0.4 is 30.5 Å². The van der Waals surface area contributed by atoms with Gasteiger partial charge in [0.05, 0.1) is 11.0 Å². The maximum Gasteiger partial charge on any atom is 0.184 e. The molecule has 0 unspecified atom stereocenters. The molecule has 0 radical (unpaired) electrons. The van der Waals surface area contributed by atoms with Crippen molar-refractivity contribution in [2.24, 2.45) is 0 Å². The molecule has 0 saturated carbocycles. The van der Waals surface area contributed by atoms with Gasteiger partial charge in [0.2, 0.25) is 0 Å². The molecule has 302 valence electrons. The zero-order valence-corrected chi connectivity index (χ0v) is 36.2. The molecule has 12 rings (SSSR count). The fraction of sp³-hybridized carbons (Fsp3) is 0. The summed E-state index contributed by atoms with van der Waals surface area (Å²) in [6.07, 6.45) is 0. The van der Waals surface area contributed by atoms with Crippen LogP contribution in [0.3, 0.4) is 0 Å². The molecule has 0 aliphatic carbocycles. The Morgan fingerprint density at radius 2 is 0.766 bits per heavy atom. The summed E-state index contributed by atoms with van der Waals surface area (Å²) in [7, 11) is -2.86. The number of aromatic nitrogens is 1. The summed E-state index contributed by atoms with van der Waals surface area (Å²) >= 11 is 0. The molecule has 4 heteroatoms. The van der Waals surface area contributed by atoms with Gasteiger partial charge >= 0.3 is 0 Å². The quantitative estimate of drug-likeness (QED) is 0.141. The van der Waals surface area contributed by atoms with Gasteiger partial charge in [-0.2, -0.15) is 0 Å². The summed E-state index contributed by atoms with van der Waals surface area (Å²) in [6.45, 7) is 0. The largest absolute Gasteiger partial charge is 0.311 e. The van der Waals surface area contributed by atoms with E-state index in [-0.39, 0.29) is 0 Å². The van der Waals surface area contributed by atoms with Gasteiger partial charge in [0, 0.05) is 50.6 Å². The first kappa shape index (κ1) is 37.6. The van der Waals surface area contributed by atoms with Crippen LogP contribution >= 0.6 is 0 Å². The van der Waals surface area contributed by atoms with E-state index in [1.54, 1.807) is 0 Å². The molecule has 0 spiro atoms. The molecule has 10 aromatic carbocycles. The van der Waals surface area contributed by atoms with Crippen LogP contribution in [0.5, 0.6) is 0 Å². The van der Waals surface area contributed by atoms with Crippen molar-refractivity contribution < 1.29 is 0 Å². The summed E-state index contributed by atoms with van der Waals surface area (Å²) < 4.78 is 2.39. The molecule has 3 nitrogen and oxygen atoms in total. The van der Waals surface area contributed by atoms with Gasteiger partial charge < -0.3 is 14.4 Å². The van der Waals surface area contributed by atoms with Crippen LogP contribution in [0.4, 0.5) is 34.1 Å². The SMILES string of the molecule is c1ccc(-c2ccc(N(c3ccc(-n4c5ccccc5c5ccccc54)cc3)c3ccc4c(c3)N(c3ccccc3)c3ccccc3[Si]4(c3ccccc3)c3ccccc3)cc2)cc1. The number of nitrogens with zero attached hydrogens (tertiary/aromatic N) is 3. The Kier molecular flexibility index (Phi) is 9.17. The van der Waals surface area contributed by atoms with Crippen LogP contribution in [-0.4, -0.2) is 12.6 Å². The zero-order valence-electron chi connectivity index (χ0n) is 35.2. The summed E-state index contributed by atoms with van der Waals surface area (Å²) in [4.78, 5) is 4.91. The van der Waals surface area contributed by atoms with Crippen molar-refractivity contribution in [3.05, 3.63) is 261 Å². The van der Waals surface area contributed by atoms with Crippen molar-refractivity contribution in [2.45, 2.75) is 0 Å². The Morgan fingerprint density at radius 1 is 0.312 bits per heavy atom. The molecular formula is C60H43N3Si. The van der Waals surface area contributed by atoms with Gasteiger partial charge in [0.1, 0.15) is 0 Å². The number of fused-ring (bicyclic) bond motifs is 5. The van der Waals surface area contributed by atoms with Crippen molar-refractivity contribution in [3.63, 3.8) is 0 Å². The maximum atomic E-state index is 2.49. The summed E-state index contributed by atoms with van der Waals surface area (Å²) in [5, 5.41) is 7.98. The van der Waals surface area contributed by atoms with Crippen LogP contribution in [0.2, 0.25) is 0 Å². The van der Waals surface area contributed by atoms with E-state index in [4.69, 9.17) is 0 Å². The van der Waals surface area contributed by atoms with Crippen molar-refractivity contribution in [1.29, 1.82) is 0 Å². The third kappa shape index (κ3) is 6.03. The number of para-hydroxylation sites is 4. The van der Waals surface area contributed by atoms with Gasteiger partial charge in [0.25, 0.3) is 0 Å². The lowest BCUT2D eigenvalue weighted by Crippen LogP contribution is -2.77. The second-order valence-corrected chi connectivity index (χ2v) is 20.2. The molecule has 11 aromatic rings. The van der Waals surface area contributed by atoms with E-state index in [9.17, 15) is 0 Å². The molecule has 0 amide bonds. The number of benzene rings is 10. The maximum absolute atomic E-state index is 2.86. The lowest BCUT2D eigenvalue weighted by Gasteiger charge is -2.45. The van der Waals surface area contributed by atoms with Crippen LogP contribution in [0.15, 0.2) is 261 Å². The standard InChI is InChI=1S/C60H43N3Si/c1-5-19-44(20-6-1)45-33-35-47(36-34-45)61(48-37-39-49(40-38-48)62-55-29-15-13-27-53(55)54-28-14-16-30-56(54)62)50-41-42-60-58(43-50)63(46-21-7-2-8-22-46)57-31-17-18-32-59(57)64(60,51-23-9-3-10-24-51)52-25-11-4-12-26-52/h1-43H. The highest BCUT2D eigenvalue weighted by Crippen LogP contribution is 2.43. The number of hydrogen-bond acceptors (Lipinski definition) is 2. The summed E-state index contributed by atoms with van der Waals surface area (Å²) in [5.74, 6) is 0. The number of hydrogen-bond donors (Lipinski definition) is 0.